The molecule has 0 radical (unpaired) electrons. The molecule has 0 fully saturated rings. The minimum Gasteiger partial charge on any atom is -0.351 e. The van der Waals surface area contributed by atoms with E-state index in [1.54, 1.807) is 0 Å². The average Bonchev–Trinajstić information content (AvgIpc) is 2.65. The van der Waals surface area contributed by atoms with Gasteiger partial charge >= 0.3 is 0 Å². The van der Waals surface area contributed by atoms with Crippen molar-refractivity contribution in [3.63, 3.8) is 0 Å². The largest absolute Gasteiger partial charge is 0.351 e. The number of hydrogen-bond donors (Lipinski definition) is 1. The van der Waals surface area contributed by atoms with Crippen LogP contribution in [-0.4, -0.2) is 10.8 Å². The van der Waals surface area contributed by atoms with Gasteiger partial charge in [0.2, 0.25) is 0 Å². The molecule has 2 aromatic rings. The lowest BCUT2D eigenvalue weighted by Gasteiger charge is -2.09. The van der Waals surface area contributed by atoms with Crippen molar-refractivity contribution in [2.75, 3.05) is 0 Å². The Morgan fingerprint density at radius 2 is 2.12 bits per heavy atom. The van der Waals surface area contributed by atoms with Crippen molar-refractivity contribution in [3.05, 3.63) is 32.0 Å². The normalized spacial score (nSPS) is 15.5. The zero-order valence-corrected chi connectivity index (χ0v) is 11.4. The number of halogens is 2. The summed E-state index contributed by atoms with van der Waals surface area (Å²) < 4.78 is 0.999. The predicted octanol–water partition coefficient (Wildman–Crippen LogP) is 3.94. The third-order valence-corrected chi connectivity index (χ3v) is 4.84. The van der Waals surface area contributed by atoms with Gasteiger partial charge in [-0.1, -0.05) is 17.7 Å². The van der Waals surface area contributed by atoms with E-state index in [4.69, 9.17) is 11.6 Å². The van der Waals surface area contributed by atoms with E-state index >= 15 is 0 Å². The fourth-order valence-electron chi connectivity index (χ4n) is 2.31. The highest BCUT2D eigenvalue weighted by Crippen LogP contribution is 2.34. The van der Waals surface area contributed by atoms with E-state index in [-0.39, 0.29) is 5.78 Å². The van der Waals surface area contributed by atoms with E-state index in [9.17, 15) is 4.79 Å². The Bertz CT molecular complexity index is 603. The van der Waals surface area contributed by atoms with E-state index in [1.807, 2.05) is 12.1 Å². The van der Waals surface area contributed by atoms with Crippen LogP contribution in [-0.2, 0) is 6.42 Å². The molecule has 3 rings (SSSR count). The zero-order chi connectivity index (χ0) is 11.3. The molecule has 0 aliphatic heterocycles. The number of ketones is 1. The molecule has 0 bridgehead atoms. The number of nitrogens with one attached hydrogen (secondary N) is 1. The van der Waals surface area contributed by atoms with E-state index in [0.717, 1.165) is 38.0 Å². The van der Waals surface area contributed by atoms with Crippen LogP contribution in [0.4, 0.5) is 0 Å². The third kappa shape index (κ3) is 1.41. The molecule has 0 atom stereocenters. The van der Waals surface area contributed by atoms with Crippen LogP contribution in [0.2, 0.25) is 5.02 Å². The summed E-state index contributed by atoms with van der Waals surface area (Å²) >= 11 is 8.29. The summed E-state index contributed by atoms with van der Waals surface area (Å²) in [5, 5.41) is 1.89. The molecule has 1 aromatic carbocycles. The van der Waals surface area contributed by atoms with Crippen molar-refractivity contribution >= 4 is 50.9 Å². The minimum atomic E-state index is 0.226. The van der Waals surface area contributed by atoms with E-state index in [2.05, 4.69) is 27.6 Å². The summed E-state index contributed by atoms with van der Waals surface area (Å²) in [5.41, 5.74) is 2.97. The van der Waals surface area contributed by atoms with E-state index in [0.29, 0.717) is 6.42 Å². The highest BCUT2D eigenvalue weighted by Gasteiger charge is 2.22. The number of carbonyl (C=O) groups excluding carboxylic acids is 1. The first-order chi connectivity index (χ1) is 7.68. The number of H-pyrrole nitrogens is 1. The number of fused-ring (bicyclic) bond motifs is 3. The van der Waals surface area contributed by atoms with E-state index < -0.39 is 0 Å². The maximum absolute atomic E-state index is 11.8. The molecule has 1 N–H and O–H groups in total. The van der Waals surface area contributed by atoms with Crippen molar-refractivity contribution in [2.24, 2.45) is 0 Å². The smallest absolute Gasteiger partial charge is 0.179 e. The molecule has 1 aliphatic carbocycles. The monoisotopic (exact) mass is 345 g/mol. The lowest BCUT2D eigenvalue weighted by atomic mass is 9.95. The van der Waals surface area contributed by atoms with E-state index in [1.165, 1.54) is 5.56 Å². The number of Topliss-reactive ketones (excluding diaryl/α,β-unsaturated/α-hetero) is 1. The second-order valence-electron chi connectivity index (χ2n) is 4.04. The molecule has 0 saturated heterocycles. The van der Waals surface area contributed by atoms with Crippen molar-refractivity contribution in [1.29, 1.82) is 0 Å². The summed E-state index contributed by atoms with van der Waals surface area (Å²) in [6.45, 7) is 0. The van der Waals surface area contributed by atoms with Gasteiger partial charge in [0.25, 0.3) is 0 Å². The number of benzene rings is 1. The molecule has 1 aromatic heterocycles. The number of rotatable bonds is 0. The topological polar surface area (TPSA) is 32.9 Å². The number of aromatic nitrogens is 1. The molecule has 0 amide bonds. The number of carbonyl (C=O) groups is 1. The highest BCUT2D eigenvalue weighted by atomic mass is 127. The van der Waals surface area contributed by atoms with Crippen LogP contribution in [0.3, 0.4) is 0 Å². The van der Waals surface area contributed by atoms with Gasteiger partial charge in [0, 0.05) is 11.8 Å². The second kappa shape index (κ2) is 3.74. The number of aryl methyl sites for hydroxylation is 1. The minimum absolute atomic E-state index is 0.226. The standard InChI is InChI=1S/C12H9ClINO/c13-8-5-4-7-6-2-1-3-9(16)11(6)15-12(7)10(8)14/h4-5,15H,1-3H2. The van der Waals surface area contributed by atoms with Crippen LogP contribution in [0, 0.1) is 3.57 Å². The maximum Gasteiger partial charge on any atom is 0.179 e. The van der Waals surface area contributed by atoms with Crippen molar-refractivity contribution < 1.29 is 4.79 Å². The van der Waals surface area contributed by atoms with Crippen molar-refractivity contribution in [1.82, 2.24) is 4.98 Å². The van der Waals surface area contributed by atoms with Crippen molar-refractivity contribution in [2.45, 2.75) is 19.3 Å². The van der Waals surface area contributed by atoms with Gasteiger partial charge in [-0.2, -0.15) is 0 Å². The summed E-state index contributed by atoms with van der Waals surface area (Å²) in [7, 11) is 0. The van der Waals surface area contributed by atoms with Crippen LogP contribution in [0.25, 0.3) is 10.9 Å². The Hall–Kier alpha value is -0.550. The molecule has 82 valence electrons. The fraction of sp³-hybridized carbons (Fsp3) is 0.250. The molecule has 0 spiro atoms. The second-order valence-corrected chi connectivity index (χ2v) is 5.53. The van der Waals surface area contributed by atoms with Gasteiger partial charge < -0.3 is 4.98 Å². The van der Waals surface area contributed by atoms with Gasteiger partial charge in [-0.15, -0.1) is 0 Å². The van der Waals surface area contributed by atoms with Crippen LogP contribution in [0.15, 0.2) is 12.1 Å². The van der Waals surface area contributed by atoms with Gasteiger partial charge in [0.1, 0.15) is 0 Å². The Balaban J connectivity index is 2.40. The SMILES string of the molecule is O=C1CCCc2c1[nH]c1c(I)c(Cl)ccc21. The van der Waals surface area contributed by atoms with Gasteiger partial charge in [0.15, 0.2) is 5.78 Å². The molecule has 4 heteroatoms. The predicted molar refractivity (Wildman–Crippen MR) is 73.3 cm³/mol. The lowest BCUT2D eigenvalue weighted by Crippen LogP contribution is -2.09. The fourth-order valence-corrected chi connectivity index (χ4v) is 3.07. The Morgan fingerprint density at radius 1 is 1.31 bits per heavy atom. The van der Waals surface area contributed by atoms with Gasteiger partial charge in [-0.25, -0.2) is 0 Å². The van der Waals surface area contributed by atoms with Gasteiger partial charge in [-0.3, -0.25) is 4.79 Å². The molecule has 2 nitrogen and oxygen atoms in total. The first-order valence-corrected chi connectivity index (χ1v) is 6.66. The quantitative estimate of drug-likeness (QED) is 0.721. The van der Waals surface area contributed by atoms with Crippen LogP contribution >= 0.6 is 34.2 Å². The van der Waals surface area contributed by atoms with Crippen LogP contribution in [0.5, 0.6) is 0 Å². The summed E-state index contributed by atoms with van der Waals surface area (Å²) in [4.78, 5) is 15.0. The number of aromatic amines is 1. The Morgan fingerprint density at radius 3 is 2.94 bits per heavy atom. The molecular weight excluding hydrogens is 336 g/mol. The van der Waals surface area contributed by atoms with Crippen LogP contribution < -0.4 is 0 Å². The summed E-state index contributed by atoms with van der Waals surface area (Å²) in [5.74, 6) is 0.226. The molecule has 1 heterocycles. The molecule has 1 aliphatic rings. The van der Waals surface area contributed by atoms with Crippen LogP contribution in [0.1, 0.15) is 28.9 Å². The summed E-state index contributed by atoms with van der Waals surface area (Å²) in [6.07, 6.45) is 2.60. The summed E-state index contributed by atoms with van der Waals surface area (Å²) in [6, 6.07) is 3.91. The Kier molecular flexibility index (Phi) is 2.47. The zero-order valence-electron chi connectivity index (χ0n) is 8.44. The first kappa shape index (κ1) is 10.6. The molecule has 0 saturated carbocycles. The molecular formula is C12H9ClINO. The molecule has 0 unspecified atom stereocenters. The van der Waals surface area contributed by atoms with Gasteiger partial charge in [0.05, 0.1) is 19.8 Å². The highest BCUT2D eigenvalue weighted by molar-refractivity contribution is 14.1. The third-order valence-electron chi connectivity index (χ3n) is 3.08. The average molecular weight is 346 g/mol. The van der Waals surface area contributed by atoms with Crippen molar-refractivity contribution in [3.8, 4) is 0 Å². The Labute approximate surface area is 112 Å². The van der Waals surface area contributed by atoms with Gasteiger partial charge in [-0.05, 0) is 47.1 Å². The number of hydrogen-bond acceptors (Lipinski definition) is 1. The lowest BCUT2D eigenvalue weighted by molar-refractivity contribution is 0.0968. The maximum atomic E-state index is 11.8. The molecule has 16 heavy (non-hydrogen) atoms. The first-order valence-electron chi connectivity index (χ1n) is 5.20.